The molecule has 1 aromatic heterocycles. The fraction of sp³-hybridized carbons (Fsp3) is 0.750. The zero-order chi connectivity index (χ0) is 15.6. The van der Waals surface area contributed by atoms with Gasteiger partial charge in [-0.2, -0.15) is 5.10 Å². The van der Waals surface area contributed by atoms with Gasteiger partial charge in [0.15, 0.2) is 0 Å². The Balaban J connectivity index is 2.26. The van der Waals surface area contributed by atoms with Crippen LogP contribution in [0.1, 0.15) is 62.5 Å². The molecular weight excluding hydrogens is 266 g/mol. The normalized spacial score (nSPS) is 21.4. The second-order valence-corrected chi connectivity index (χ2v) is 6.06. The van der Waals surface area contributed by atoms with Gasteiger partial charge in [0.2, 0.25) is 0 Å². The number of carboxylic acids is 1. The van der Waals surface area contributed by atoms with Crippen molar-refractivity contribution >= 4 is 5.97 Å². The van der Waals surface area contributed by atoms with E-state index in [-0.39, 0.29) is 18.5 Å². The molecule has 0 spiro atoms. The molecule has 1 aromatic rings. The number of carbonyl (C=O) groups is 1. The van der Waals surface area contributed by atoms with Gasteiger partial charge in [-0.15, -0.1) is 0 Å². The molecule has 1 aliphatic heterocycles. The molecule has 0 saturated carbocycles. The van der Waals surface area contributed by atoms with Crippen molar-refractivity contribution in [1.82, 2.24) is 14.7 Å². The van der Waals surface area contributed by atoms with Gasteiger partial charge >= 0.3 is 5.97 Å². The molecule has 1 fully saturated rings. The molecule has 2 unspecified atom stereocenters. The molecule has 5 heteroatoms. The van der Waals surface area contributed by atoms with Crippen LogP contribution >= 0.6 is 0 Å². The van der Waals surface area contributed by atoms with Crippen LogP contribution in [0, 0.1) is 13.8 Å². The van der Waals surface area contributed by atoms with Crippen LogP contribution in [0.3, 0.4) is 0 Å². The zero-order valence-corrected chi connectivity index (χ0v) is 13.6. The monoisotopic (exact) mass is 293 g/mol. The SMILES string of the molecule is CCn1nc(C)c(C(C)N2CCCCC2CC(=O)O)c1C. The summed E-state index contributed by atoms with van der Waals surface area (Å²) < 4.78 is 2.04. The summed E-state index contributed by atoms with van der Waals surface area (Å²) in [5.74, 6) is -0.697. The molecule has 1 saturated heterocycles. The van der Waals surface area contributed by atoms with Crippen molar-refractivity contribution in [3.8, 4) is 0 Å². The van der Waals surface area contributed by atoms with E-state index in [9.17, 15) is 4.79 Å². The molecule has 0 aliphatic carbocycles. The minimum Gasteiger partial charge on any atom is -0.481 e. The lowest BCUT2D eigenvalue weighted by molar-refractivity contribution is -0.139. The van der Waals surface area contributed by atoms with Crippen LogP contribution in [-0.4, -0.2) is 38.3 Å². The first-order valence-electron chi connectivity index (χ1n) is 7.97. The smallest absolute Gasteiger partial charge is 0.304 e. The minimum atomic E-state index is -0.697. The third kappa shape index (κ3) is 3.28. The van der Waals surface area contributed by atoms with Crippen molar-refractivity contribution in [2.45, 2.75) is 72.0 Å². The minimum absolute atomic E-state index is 0.148. The maximum absolute atomic E-state index is 11.1. The summed E-state index contributed by atoms with van der Waals surface area (Å²) in [6.07, 6.45) is 3.51. The Morgan fingerprint density at radius 1 is 1.43 bits per heavy atom. The van der Waals surface area contributed by atoms with E-state index < -0.39 is 5.97 Å². The average molecular weight is 293 g/mol. The standard InChI is InChI=1S/C16H27N3O2/c1-5-19-13(4)16(11(2)17-19)12(3)18-9-7-6-8-14(18)10-15(20)21/h12,14H,5-10H2,1-4H3,(H,20,21). The van der Waals surface area contributed by atoms with Crippen molar-refractivity contribution in [2.75, 3.05) is 6.54 Å². The number of aryl methyl sites for hydroxylation is 2. The summed E-state index contributed by atoms with van der Waals surface area (Å²) in [4.78, 5) is 13.5. The second-order valence-electron chi connectivity index (χ2n) is 6.06. The quantitative estimate of drug-likeness (QED) is 0.907. The van der Waals surface area contributed by atoms with Gasteiger partial charge in [0, 0.05) is 29.9 Å². The van der Waals surface area contributed by atoms with Crippen LogP contribution in [0.5, 0.6) is 0 Å². The van der Waals surface area contributed by atoms with E-state index in [4.69, 9.17) is 5.11 Å². The maximum atomic E-state index is 11.1. The molecule has 0 aromatic carbocycles. The van der Waals surface area contributed by atoms with E-state index in [1.807, 2.05) is 4.68 Å². The third-order valence-electron chi connectivity index (χ3n) is 4.74. The first-order chi connectivity index (χ1) is 9.95. The Kier molecular flexibility index (Phi) is 5.04. The predicted molar refractivity (Wildman–Crippen MR) is 82.4 cm³/mol. The van der Waals surface area contributed by atoms with E-state index in [1.165, 1.54) is 11.3 Å². The summed E-state index contributed by atoms with van der Waals surface area (Å²) >= 11 is 0. The number of carboxylic acid groups (broad SMARTS) is 1. The average Bonchev–Trinajstić information content (AvgIpc) is 2.72. The van der Waals surface area contributed by atoms with Gasteiger partial charge in [0.05, 0.1) is 12.1 Å². The molecule has 2 heterocycles. The molecule has 2 rings (SSSR count). The Morgan fingerprint density at radius 3 is 2.71 bits per heavy atom. The van der Waals surface area contributed by atoms with Crippen molar-refractivity contribution in [1.29, 1.82) is 0 Å². The fourth-order valence-corrected chi connectivity index (χ4v) is 3.74. The first kappa shape index (κ1) is 16.0. The van der Waals surface area contributed by atoms with Gasteiger partial charge in [0.25, 0.3) is 0 Å². The summed E-state index contributed by atoms with van der Waals surface area (Å²) in [6.45, 7) is 10.3. The lowest BCUT2D eigenvalue weighted by atomic mass is 9.94. The number of hydrogen-bond donors (Lipinski definition) is 1. The Labute approximate surface area is 126 Å². The summed E-state index contributed by atoms with van der Waals surface area (Å²) in [6, 6.07) is 0.380. The first-order valence-corrected chi connectivity index (χ1v) is 7.97. The Hall–Kier alpha value is -1.36. The molecule has 5 nitrogen and oxygen atoms in total. The van der Waals surface area contributed by atoms with Gasteiger partial charge < -0.3 is 5.11 Å². The molecule has 1 N–H and O–H groups in total. The summed E-state index contributed by atoms with van der Waals surface area (Å²) in [7, 11) is 0. The highest BCUT2D eigenvalue weighted by Gasteiger charge is 2.31. The number of rotatable bonds is 5. The Bertz CT molecular complexity index is 510. The number of aromatic nitrogens is 2. The highest BCUT2D eigenvalue weighted by molar-refractivity contribution is 5.67. The van der Waals surface area contributed by atoms with Gasteiger partial charge in [-0.25, -0.2) is 0 Å². The lowest BCUT2D eigenvalue weighted by Crippen LogP contribution is -2.42. The Morgan fingerprint density at radius 2 is 2.14 bits per heavy atom. The molecular formula is C16H27N3O2. The largest absolute Gasteiger partial charge is 0.481 e. The fourth-order valence-electron chi connectivity index (χ4n) is 3.74. The molecule has 21 heavy (non-hydrogen) atoms. The van der Waals surface area contributed by atoms with Crippen LogP contribution in [0.2, 0.25) is 0 Å². The molecule has 1 aliphatic rings. The molecule has 0 bridgehead atoms. The topological polar surface area (TPSA) is 58.4 Å². The van der Waals surface area contributed by atoms with Gasteiger partial charge in [0.1, 0.15) is 0 Å². The number of hydrogen-bond acceptors (Lipinski definition) is 3. The number of likely N-dealkylation sites (tertiary alicyclic amines) is 1. The number of aliphatic carboxylic acids is 1. The highest BCUT2D eigenvalue weighted by atomic mass is 16.4. The van der Waals surface area contributed by atoms with Crippen molar-refractivity contribution in [3.63, 3.8) is 0 Å². The van der Waals surface area contributed by atoms with Crippen LogP contribution in [0.4, 0.5) is 0 Å². The predicted octanol–water partition coefficient (Wildman–Crippen LogP) is 2.91. The van der Waals surface area contributed by atoms with Gasteiger partial charge in [-0.3, -0.25) is 14.4 Å². The van der Waals surface area contributed by atoms with E-state index in [0.29, 0.717) is 0 Å². The third-order valence-corrected chi connectivity index (χ3v) is 4.74. The van der Waals surface area contributed by atoms with Crippen molar-refractivity contribution in [2.24, 2.45) is 0 Å². The summed E-state index contributed by atoms with van der Waals surface area (Å²) in [5.41, 5.74) is 3.55. The molecule has 0 amide bonds. The van der Waals surface area contributed by atoms with Crippen LogP contribution in [-0.2, 0) is 11.3 Å². The van der Waals surface area contributed by atoms with E-state index in [0.717, 1.165) is 38.0 Å². The van der Waals surface area contributed by atoms with Crippen molar-refractivity contribution < 1.29 is 9.90 Å². The van der Waals surface area contributed by atoms with Crippen molar-refractivity contribution in [3.05, 3.63) is 17.0 Å². The summed E-state index contributed by atoms with van der Waals surface area (Å²) in [5, 5.41) is 13.7. The van der Waals surface area contributed by atoms with Gasteiger partial charge in [-0.1, -0.05) is 6.42 Å². The molecule has 2 atom stereocenters. The van der Waals surface area contributed by atoms with E-state index in [2.05, 4.69) is 37.7 Å². The lowest BCUT2D eigenvalue weighted by Gasteiger charge is -2.39. The van der Waals surface area contributed by atoms with Gasteiger partial charge in [-0.05, 0) is 47.1 Å². The van der Waals surface area contributed by atoms with E-state index in [1.54, 1.807) is 0 Å². The molecule has 118 valence electrons. The van der Waals surface area contributed by atoms with Crippen LogP contribution < -0.4 is 0 Å². The van der Waals surface area contributed by atoms with E-state index >= 15 is 0 Å². The molecule has 0 radical (unpaired) electrons. The zero-order valence-electron chi connectivity index (χ0n) is 13.6. The van der Waals surface area contributed by atoms with Crippen LogP contribution in [0.15, 0.2) is 0 Å². The number of nitrogens with zero attached hydrogens (tertiary/aromatic N) is 3. The van der Waals surface area contributed by atoms with Crippen LogP contribution in [0.25, 0.3) is 0 Å². The second kappa shape index (κ2) is 6.60. The highest BCUT2D eigenvalue weighted by Crippen LogP contribution is 2.32. The number of piperidine rings is 1. The maximum Gasteiger partial charge on any atom is 0.304 e.